The summed E-state index contributed by atoms with van der Waals surface area (Å²) in [5.74, 6) is 1.42. The van der Waals surface area contributed by atoms with Gasteiger partial charge in [0, 0.05) is 55.8 Å². The molecule has 0 spiro atoms. The van der Waals surface area contributed by atoms with Crippen LogP contribution in [0.15, 0.2) is 97.1 Å². The second-order valence-electron chi connectivity index (χ2n) is 14.0. The molecule has 2 amide bonds. The molecule has 4 atom stereocenters. The molecule has 0 aliphatic carbocycles. The van der Waals surface area contributed by atoms with Crippen molar-refractivity contribution in [3.63, 3.8) is 0 Å². The van der Waals surface area contributed by atoms with Crippen molar-refractivity contribution in [1.29, 1.82) is 0 Å². The molecule has 2 aliphatic heterocycles. The van der Waals surface area contributed by atoms with E-state index in [1.807, 2.05) is 83.8 Å². The van der Waals surface area contributed by atoms with Crippen LogP contribution in [0, 0.1) is 5.92 Å². The predicted octanol–water partition coefficient (Wildman–Crippen LogP) is 6.79. The van der Waals surface area contributed by atoms with E-state index in [1.54, 1.807) is 19.1 Å². The average molecular weight is 693 g/mol. The van der Waals surface area contributed by atoms with Gasteiger partial charge in [-0.15, -0.1) is 0 Å². The molecular weight excluding hydrogens is 645 g/mol. The molecular formula is C41H48N2O6Si. The summed E-state index contributed by atoms with van der Waals surface area (Å²) in [6, 6.07) is 32.1. The van der Waals surface area contributed by atoms with Crippen LogP contribution in [0.25, 0.3) is 0 Å². The van der Waals surface area contributed by atoms with Crippen LogP contribution < -0.4 is 19.6 Å². The lowest BCUT2D eigenvalue weighted by atomic mass is 9.86. The van der Waals surface area contributed by atoms with Crippen molar-refractivity contribution < 1.29 is 28.9 Å². The first-order valence-corrected chi connectivity index (χ1v) is 20.5. The molecule has 6 rings (SSSR count). The number of hydrogen-bond acceptors (Lipinski definition) is 6. The molecule has 4 aromatic carbocycles. The number of fused-ring (bicyclic) bond motifs is 2. The molecule has 1 unspecified atom stereocenters. The van der Waals surface area contributed by atoms with Gasteiger partial charge in [-0.05, 0) is 53.9 Å². The number of ether oxygens (including phenoxy) is 3. The Balaban J connectivity index is 1.37. The third kappa shape index (κ3) is 7.08. The number of carbonyl (C=O) groups is 2. The van der Waals surface area contributed by atoms with Gasteiger partial charge in [-0.3, -0.25) is 14.5 Å². The Kier molecular flexibility index (Phi) is 10.8. The smallest absolute Gasteiger partial charge is 0.231 e. The minimum Gasteiger partial charge on any atom is -0.497 e. The van der Waals surface area contributed by atoms with Gasteiger partial charge in [0.2, 0.25) is 11.8 Å². The molecule has 2 aliphatic rings. The molecule has 1 N–H and O–H groups in total. The molecule has 0 saturated carbocycles. The van der Waals surface area contributed by atoms with E-state index in [1.165, 1.54) is 5.19 Å². The Morgan fingerprint density at radius 1 is 0.980 bits per heavy atom. The predicted molar refractivity (Wildman–Crippen MR) is 199 cm³/mol. The van der Waals surface area contributed by atoms with Gasteiger partial charge >= 0.3 is 0 Å². The Morgan fingerprint density at radius 3 is 2.40 bits per heavy atom. The van der Waals surface area contributed by atoms with Crippen molar-refractivity contribution in [2.24, 2.45) is 5.92 Å². The van der Waals surface area contributed by atoms with Crippen LogP contribution in [-0.4, -0.2) is 63.4 Å². The fourth-order valence-electron chi connectivity index (χ4n) is 7.77. The highest BCUT2D eigenvalue weighted by molar-refractivity contribution is 6.91. The van der Waals surface area contributed by atoms with Gasteiger partial charge in [0.1, 0.15) is 17.6 Å². The Morgan fingerprint density at radius 2 is 1.70 bits per heavy atom. The molecule has 0 aromatic heterocycles. The summed E-state index contributed by atoms with van der Waals surface area (Å²) in [6.45, 7) is 7.29. The monoisotopic (exact) mass is 692 g/mol. The first-order chi connectivity index (χ1) is 24.2. The molecule has 9 heteroatoms. The van der Waals surface area contributed by atoms with Gasteiger partial charge in [0.15, 0.2) is 0 Å². The second kappa shape index (κ2) is 15.2. The summed E-state index contributed by atoms with van der Waals surface area (Å²) in [7, 11) is 0.932. The van der Waals surface area contributed by atoms with Gasteiger partial charge in [0.05, 0.1) is 33.6 Å². The summed E-state index contributed by atoms with van der Waals surface area (Å²) in [4.78, 5) is 31.2. The van der Waals surface area contributed by atoms with Crippen LogP contribution in [0.2, 0.25) is 18.6 Å². The molecule has 50 heavy (non-hydrogen) atoms. The minimum absolute atomic E-state index is 0.0184. The summed E-state index contributed by atoms with van der Waals surface area (Å²) >= 11 is 0. The van der Waals surface area contributed by atoms with Crippen molar-refractivity contribution >= 4 is 36.4 Å². The summed E-state index contributed by atoms with van der Waals surface area (Å²) in [5, 5.41) is 11.2. The van der Waals surface area contributed by atoms with Gasteiger partial charge in [-0.25, -0.2) is 0 Å². The molecule has 262 valence electrons. The molecule has 4 aromatic rings. The lowest BCUT2D eigenvalue weighted by Gasteiger charge is -2.46. The quantitative estimate of drug-likeness (QED) is 0.165. The van der Waals surface area contributed by atoms with E-state index in [2.05, 4.69) is 38.2 Å². The number of para-hydroxylation sites is 1. The zero-order valence-corrected chi connectivity index (χ0v) is 30.7. The van der Waals surface area contributed by atoms with Crippen LogP contribution in [0.3, 0.4) is 0 Å². The normalized spacial score (nSPS) is 19.2. The lowest BCUT2D eigenvalue weighted by molar-refractivity contribution is -0.133. The zero-order chi connectivity index (χ0) is 35.4. The topological polar surface area (TPSA) is 88.5 Å². The molecule has 0 fully saturated rings. The number of aryl methyl sites for hydroxylation is 1. The van der Waals surface area contributed by atoms with Gasteiger partial charge < -0.3 is 24.2 Å². The number of amides is 2. The fourth-order valence-corrected chi connectivity index (χ4v) is 11.1. The maximum absolute atomic E-state index is 14.3. The highest BCUT2D eigenvalue weighted by Gasteiger charge is 2.48. The molecule has 0 radical (unpaired) electrons. The van der Waals surface area contributed by atoms with E-state index in [4.69, 9.17) is 14.2 Å². The average Bonchev–Trinajstić information content (AvgIpc) is 3.13. The van der Waals surface area contributed by atoms with Crippen LogP contribution in [0.5, 0.6) is 11.5 Å². The number of rotatable bonds is 12. The number of anilines is 2. The van der Waals surface area contributed by atoms with Crippen molar-refractivity contribution in [3.05, 3.63) is 114 Å². The van der Waals surface area contributed by atoms with Crippen LogP contribution in [0.1, 0.15) is 42.6 Å². The number of methoxy groups -OCH3 is 2. The number of carbonyl (C=O) groups excluding carboxylic acids is 2. The van der Waals surface area contributed by atoms with E-state index in [0.717, 1.165) is 40.2 Å². The number of aliphatic hydroxyl groups is 1. The van der Waals surface area contributed by atoms with Crippen molar-refractivity contribution in [2.45, 2.75) is 63.6 Å². The standard InChI is InChI=1S/C41H48N2O6Si/c1-28-40(48-3)34-25-31(43-35-14-10-9-13-30(35)15-22-38(43)45)16-21-36(34)49-41(28)37(50(4,5)33-19-17-32(47-2)18-20-33)26-39(46)42(23-24-44)27-29-11-7-6-8-12-29/h6-14,16-21,25,28,37,40-41,44H,15,22-24,26-27H2,1-5H3/t28-,37?,40-,41-/m1/s1. The number of aliphatic hydroxyl groups excluding tert-OH is 1. The van der Waals surface area contributed by atoms with Crippen molar-refractivity contribution in [3.8, 4) is 11.5 Å². The molecule has 0 bridgehead atoms. The van der Waals surface area contributed by atoms with Crippen LogP contribution >= 0.6 is 0 Å². The fraction of sp³-hybridized carbons (Fsp3) is 0.366. The SMILES string of the molecule is COc1ccc([Si](C)(C)C(CC(=O)N(CCO)Cc2ccccc2)[C@@H]2Oc3ccc(N4C(=O)CCc5ccccc54)cc3[C@H](OC)[C@H]2C)cc1. The summed E-state index contributed by atoms with van der Waals surface area (Å²) in [6.07, 6.45) is 0.783. The Hall–Kier alpha value is -4.44. The number of hydrogen-bond donors (Lipinski definition) is 1. The summed E-state index contributed by atoms with van der Waals surface area (Å²) < 4.78 is 18.7. The first-order valence-electron chi connectivity index (χ1n) is 17.5. The molecule has 2 heterocycles. The largest absolute Gasteiger partial charge is 0.497 e. The maximum Gasteiger partial charge on any atom is 0.231 e. The number of benzene rings is 4. The van der Waals surface area contributed by atoms with E-state index < -0.39 is 8.07 Å². The third-order valence-corrected chi connectivity index (χ3v) is 14.9. The van der Waals surface area contributed by atoms with Gasteiger partial charge in [-0.2, -0.15) is 0 Å². The third-order valence-electron chi connectivity index (χ3n) is 10.7. The second-order valence-corrected chi connectivity index (χ2v) is 18.7. The Bertz CT molecular complexity index is 1800. The van der Waals surface area contributed by atoms with E-state index in [9.17, 15) is 14.7 Å². The van der Waals surface area contributed by atoms with Crippen molar-refractivity contribution in [2.75, 3.05) is 32.3 Å². The minimum atomic E-state index is -2.45. The van der Waals surface area contributed by atoms with Crippen molar-refractivity contribution in [1.82, 2.24) is 4.90 Å². The van der Waals surface area contributed by atoms with E-state index >= 15 is 0 Å². The highest BCUT2D eigenvalue weighted by atomic mass is 28.3. The van der Waals surface area contributed by atoms with E-state index in [0.29, 0.717) is 18.7 Å². The zero-order valence-electron chi connectivity index (χ0n) is 29.7. The maximum atomic E-state index is 14.3. The highest BCUT2D eigenvalue weighted by Crippen LogP contribution is 2.49. The van der Waals surface area contributed by atoms with Gasteiger partial charge in [0.25, 0.3) is 0 Å². The molecule has 8 nitrogen and oxygen atoms in total. The van der Waals surface area contributed by atoms with Crippen LogP contribution in [-0.2, 0) is 27.3 Å². The first kappa shape index (κ1) is 35.4. The van der Waals surface area contributed by atoms with Crippen LogP contribution in [0.4, 0.5) is 11.4 Å². The van der Waals surface area contributed by atoms with Gasteiger partial charge in [-0.1, -0.05) is 85.9 Å². The molecule has 0 saturated heterocycles. The number of nitrogens with zero attached hydrogens (tertiary/aromatic N) is 2. The Labute approximate surface area is 296 Å². The lowest BCUT2D eigenvalue weighted by Crippen LogP contribution is -2.55. The summed E-state index contributed by atoms with van der Waals surface area (Å²) in [5.41, 5.74) is 4.62. The van der Waals surface area contributed by atoms with E-state index in [-0.39, 0.29) is 55.1 Å².